The molecule has 37 heavy (non-hydrogen) atoms. The van der Waals surface area contributed by atoms with Crippen LogP contribution < -0.4 is 10.2 Å². The number of fused-ring (bicyclic) bond motifs is 2. The van der Waals surface area contributed by atoms with Gasteiger partial charge in [-0.3, -0.25) is 0 Å². The number of carbonyl (C=O) groups is 1. The zero-order valence-electron chi connectivity index (χ0n) is 20.8. The molecule has 0 amide bonds. The zero-order chi connectivity index (χ0) is 25.4. The van der Waals surface area contributed by atoms with Crippen LogP contribution in [0.15, 0.2) is 60.8 Å². The molecule has 0 saturated carbocycles. The first-order valence-corrected chi connectivity index (χ1v) is 12.5. The smallest absolute Gasteiger partial charge is 0.343 e. The maximum atomic E-state index is 13.0. The molecule has 1 fully saturated rings. The molecule has 1 saturated heterocycles. The van der Waals surface area contributed by atoms with Gasteiger partial charge in [0.05, 0.1) is 29.4 Å². The molecule has 3 aromatic heterocycles. The van der Waals surface area contributed by atoms with Gasteiger partial charge < -0.3 is 15.0 Å². The normalized spacial score (nSPS) is 13.4. The van der Waals surface area contributed by atoms with Crippen LogP contribution in [0.2, 0.25) is 0 Å². The Balaban J connectivity index is 1.52. The summed E-state index contributed by atoms with van der Waals surface area (Å²) in [4.78, 5) is 29.9. The lowest BCUT2D eigenvalue weighted by Gasteiger charge is -2.21. The quantitative estimate of drug-likeness (QED) is 0.323. The summed E-state index contributed by atoms with van der Waals surface area (Å²) < 4.78 is 6.99. The molecule has 186 valence electrons. The van der Waals surface area contributed by atoms with Crippen molar-refractivity contribution < 1.29 is 9.53 Å². The molecule has 0 unspecified atom stereocenters. The number of anilines is 3. The molecule has 5 aromatic rings. The van der Waals surface area contributed by atoms with E-state index in [2.05, 4.69) is 15.3 Å². The highest BCUT2D eigenvalue weighted by Gasteiger charge is 2.25. The number of para-hydroxylation sites is 3. The van der Waals surface area contributed by atoms with E-state index in [0.29, 0.717) is 23.0 Å². The third kappa shape index (κ3) is 4.22. The van der Waals surface area contributed by atoms with Crippen molar-refractivity contribution in [3.8, 4) is 5.82 Å². The summed E-state index contributed by atoms with van der Waals surface area (Å²) in [7, 11) is 0. The summed E-state index contributed by atoms with van der Waals surface area (Å²) in [5.74, 6) is 1.87. The Morgan fingerprint density at radius 1 is 0.973 bits per heavy atom. The standard InChI is InChI=1S/C28H27N7O2/c1-3-37-28(36)20-17-29-35(24-16-18(2)19-10-4-5-11-21(19)30-24)26(20)33-25-27(34-14-8-9-15-34)32-23-13-7-6-12-22(23)31-25/h4-7,10-13,16-17H,3,8-9,14-15H2,1-2H3,(H,31,33). The molecule has 0 spiro atoms. The van der Waals surface area contributed by atoms with E-state index >= 15 is 0 Å². The summed E-state index contributed by atoms with van der Waals surface area (Å²) in [6.07, 6.45) is 3.71. The summed E-state index contributed by atoms with van der Waals surface area (Å²) in [6, 6.07) is 17.7. The second-order valence-corrected chi connectivity index (χ2v) is 9.06. The molecule has 9 nitrogen and oxygen atoms in total. The van der Waals surface area contributed by atoms with Crippen LogP contribution in [0.1, 0.15) is 35.7 Å². The second kappa shape index (κ2) is 9.50. The highest BCUT2D eigenvalue weighted by Crippen LogP contribution is 2.33. The lowest BCUT2D eigenvalue weighted by molar-refractivity contribution is 0.0527. The fourth-order valence-electron chi connectivity index (χ4n) is 4.78. The van der Waals surface area contributed by atoms with Crippen molar-refractivity contribution >= 4 is 45.4 Å². The van der Waals surface area contributed by atoms with E-state index in [1.54, 1.807) is 11.6 Å². The fraction of sp³-hybridized carbons (Fsp3) is 0.250. The van der Waals surface area contributed by atoms with Gasteiger partial charge in [-0.1, -0.05) is 30.3 Å². The van der Waals surface area contributed by atoms with Crippen LogP contribution in [0, 0.1) is 6.92 Å². The van der Waals surface area contributed by atoms with E-state index in [-0.39, 0.29) is 6.61 Å². The molecule has 0 bridgehead atoms. The SMILES string of the molecule is CCOC(=O)c1cnn(-c2cc(C)c3ccccc3n2)c1Nc1nc2ccccc2nc1N1CCCC1. The average molecular weight is 494 g/mol. The number of carbonyl (C=O) groups excluding carboxylic acids is 1. The molecule has 1 aliphatic heterocycles. The minimum absolute atomic E-state index is 0.256. The number of hydrogen-bond donors (Lipinski definition) is 1. The number of ether oxygens (including phenoxy) is 1. The Hall–Kier alpha value is -4.53. The lowest BCUT2D eigenvalue weighted by atomic mass is 10.1. The maximum Gasteiger partial charge on any atom is 0.343 e. The zero-order valence-corrected chi connectivity index (χ0v) is 20.8. The van der Waals surface area contributed by atoms with Gasteiger partial charge in [0.1, 0.15) is 5.56 Å². The van der Waals surface area contributed by atoms with Crippen molar-refractivity contribution in [2.24, 2.45) is 0 Å². The van der Waals surface area contributed by atoms with Gasteiger partial charge in [0.2, 0.25) is 0 Å². The highest BCUT2D eigenvalue weighted by molar-refractivity contribution is 5.96. The van der Waals surface area contributed by atoms with Gasteiger partial charge in [0, 0.05) is 18.5 Å². The van der Waals surface area contributed by atoms with Gasteiger partial charge in [-0.15, -0.1) is 0 Å². The molecule has 0 aliphatic carbocycles. The Labute approximate surface area is 214 Å². The molecule has 9 heteroatoms. The fourth-order valence-corrected chi connectivity index (χ4v) is 4.78. The van der Waals surface area contributed by atoms with Gasteiger partial charge in [0.25, 0.3) is 0 Å². The van der Waals surface area contributed by atoms with Crippen molar-refractivity contribution in [1.29, 1.82) is 0 Å². The van der Waals surface area contributed by atoms with Gasteiger partial charge in [-0.25, -0.2) is 19.7 Å². The topological polar surface area (TPSA) is 98.1 Å². The van der Waals surface area contributed by atoms with E-state index < -0.39 is 5.97 Å². The van der Waals surface area contributed by atoms with Gasteiger partial charge in [-0.05, 0) is 56.5 Å². The molecule has 4 heterocycles. The maximum absolute atomic E-state index is 13.0. The summed E-state index contributed by atoms with van der Waals surface area (Å²) in [6.45, 7) is 5.88. The van der Waals surface area contributed by atoms with E-state index in [0.717, 1.165) is 59.2 Å². The minimum Gasteiger partial charge on any atom is -0.462 e. The van der Waals surface area contributed by atoms with E-state index in [4.69, 9.17) is 19.7 Å². The number of aryl methyl sites for hydroxylation is 1. The number of nitrogens with zero attached hydrogens (tertiary/aromatic N) is 6. The molecular weight excluding hydrogens is 466 g/mol. The van der Waals surface area contributed by atoms with Crippen LogP contribution >= 0.6 is 0 Å². The lowest BCUT2D eigenvalue weighted by Crippen LogP contribution is -2.21. The number of esters is 1. The number of rotatable bonds is 6. The molecule has 0 radical (unpaired) electrons. The minimum atomic E-state index is -0.467. The number of pyridine rings is 1. The predicted octanol–water partition coefficient (Wildman–Crippen LogP) is 5.19. The molecule has 2 aromatic carbocycles. The third-order valence-corrected chi connectivity index (χ3v) is 6.59. The van der Waals surface area contributed by atoms with Crippen LogP contribution in [0.4, 0.5) is 17.5 Å². The number of benzene rings is 2. The number of aromatic nitrogens is 5. The van der Waals surface area contributed by atoms with Crippen LogP contribution in [0.25, 0.3) is 27.8 Å². The van der Waals surface area contributed by atoms with Crippen LogP contribution in [0.3, 0.4) is 0 Å². The van der Waals surface area contributed by atoms with E-state index in [1.807, 2.05) is 61.5 Å². The van der Waals surface area contributed by atoms with Gasteiger partial charge in [-0.2, -0.15) is 9.78 Å². The van der Waals surface area contributed by atoms with Crippen molar-refractivity contribution in [2.45, 2.75) is 26.7 Å². The number of hydrogen-bond acceptors (Lipinski definition) is 8. The average Bonchev–Trinajstić information content (AvgIpc) is 3.59. The number of nitrogens with one attached hydrogen (secondary N) is 1. The molecule has 0 atom stereocenters. The highest BCUT2D eigenvalue weighted by atomic mass is 16.5. The molecular formula is C28H27N7O2. The van der Waals surface area contributed by atoms with Gasteiger partial charge >= 0.3 is 5.97 Å². The van der Waals surface area contributed by atoms with Crippen molar-refractivity contribution in [3.05, 3.63) is 71.9 Å². The largest absolute Gasteiger partial charge is 0.462 e. The molecule has 6 rings (SSSR count). The summed E-state index contributed by atoms with van der Waals surface area (Å²) in [5, 5.41) is 9.03. The summed E-state index contributed by atoms with van der Waals surface area (Å²) in [5.41, 5.74) is 3.79. The Bertz CT molecular complexity index is 1620. The first kappa shape index (κ1) is 22.9. The Morgan fingerprint density at radius 3 is 2.43 bits per heavy atom. The second-order valence-electron chi connectivity index (χ2n) is 9.06. The van der Waals surface area contributed by atoms with Crippen molar-refractivity contribution in [1.82, 2.24) is 24.7 Å². The molecule has 1 N–H and O–H groups in total. The predicted molar refractivity (Wildman–Crippen MR) is 144 cm³/mol. The van der Waals surface area contributed by atoms with Crippen LogP contribution in [0.5, 0.6) is 0 Å². The first-order chi connectivity index (χ1) is 18.1. The van der Waals surface area contributed by atoms with E-state index in [1.165, 1.54) is 6.20 Å². The van der Waals surface area contributed by atoms with Crippen LogP contribution in [-0.4, -0.2) is 50.4 Å². The van der Waals surface area contributed by atoms with Crippen LogP contribution in [-0.2, 0) is 4.74 Å². The monoisotopic (exact) mass is 493 g/mol. The Morgan fingerprint density at radius 2 is 1.68 bits per heavy atom. The summed E-state index contributed by atoms with van der Waals surface area (Å²) >= 11 is 0. The molecule has 1 aliphatic rings. The van der Waals surface area contributed by atoms with Crippen molar-refractivity contribution in [2.75, 3.05) is 29.9 Å². The third-order valence-electron chi connectivity index (χ3n) is 6.59. The van der Waals surface area contributed by atoms with E-state index in [9.17, 15) is 4.79 Å². The van der Waals surface area contributed by atoms with Gasteiger partial charge in [0.15, 0.2) is 23.3 Å². The Kier molecular flexibility index (Phi) is 5.88. The first-order valence-electron chi connectivity index (χ1n) is 12.5. The van der Waals surface area contributed by atoms with Crippen molar-refractivity contribution in [3.63, 3.8) is 0 Å².